The molecule has 0 saturated heterocycles. The summed E-state index contributed by atoms with van der Waals surface area (Å²) in [7, 11) is 0. The molecule has 0 bridgehead atoms. The molecule has 1 aromatic carbocycles. The molecule has 0 unspecified atom stereocenters. The van der Waals surface area contributed by atoms with E-state index in [0.29, 0.717) is 18.0 Å². The molecule has 2 aliphatic rings. The zero-order chi connectivity index (χ0) is 17.7. The lowest BCUT2D eigenvalue weighted by atomic mass is 9.82. The number of rotatable bonds is 1. The highest BCUT2D eigenvalue weighted by atomic mass is 35.5. The lowest BCUT2D eigenvalue weighted by molar-refractivity contribution is 0.0996. The Hall–Kier alpha value is -2.98. The highest BCUT2D eigenvalue weighted by molar-refractivity contribution is 6.31. The van der Waals surface area contributed by atoms with Gasteiger partial charge in [0, 0.05) is 53.0 Å². The maximum absolute atomic E-state index is 12.7. The number of benzene rings is 1. The van der Waals surface area contributed by atoms with Crippen molar-refractivity contribution in [1.82, 2.24) is 9.97 Å². The number of allylic oxidation sites excluding steroid dienone is 1. The molecule has 5 rings (SSSR count). The number of carbonyl (C=O) groups is 1. The molecule has 4 nitrogen and oxygen atoms in total. The highest BCUT2D eigenvalue weighted by Gasteiger charge is 2.34. The first-order chi connectivity index (χ1) is 12.7. The average Bonchev–Trinajstić information content (AvgIpc) is 2.67. The van der Waals surface area contributed by atoms with Crippen molar-refractivity contribution in [3.05, 3.63) is 88.5 Å². The van der Waals surface area contributed by atoms with Crippen molar-refractivity contribution in [3.8, 4) is 0 Å². The van der Waals surface area contributed by atoms with Crippen LogP contribution in [-0.2, 0) is 6.54 Å². The van der Waals surface area contributed by atoms with E-state index in [1.165, 1.54) is 0 Å². The second kappa shape index (κ2) is 5.78. The zero-order valence-electron chi connectivity index (χ0n) is 13.8. The van der Waals surface area contributed by atoms with Crippen molar-refractivity contribution in [2.75, 3.05) is 4.90 Å². The van der Waals surface area contributed by atoms with Crippen LogP contribution in [-0.4, -0.2) is 15.8 Å². The summed E-state index contributed by atoms with van der Waals surface area (Å²) in [6.45, 7) is 0.672. The van der Waals surface area contributed by atoms with Crippen LogP contribution in [0.15, 0.2) is 61.2 Å². The molecule has 0 N–H and O–H groups in total. The predicted molar refractivity (Wildman–Crippen MR) is 102 cm³/mol. The first kappa shape index (κ1) is 15.3. The van der Waals surface area contributed by atoms with E-state index in [-0.39, 0.29) is 5.78 Å². The number of Topliss-reactive ketones (excluding diaryl/α,β-unsaturated/α-hetero) is 1. The predicted octanol–water partition coefficient (Wildman–Crippen LogP) is 4.60. The summed E-state index contributed by atoms with van der Waals surface area (Å²) >= 11 is 6.24. The first-order valence-electron chi connectivity index (χ1n) is 8.39. The second-order valence-corrected chi connectivity index (χ2v) is 6.88. The van der Waals surface area contributed by atoms with Crippen molar-refractivity contribution in [3.63, 3.8) is 0 Å². The van der Waals surface area contributed by atoms with Crippen LogP contribution in [0.2, 0.25) is 5.02 Å². The minimum Gasteiger partial charge on any atom is -0.336 e. The van der Waals surface area contributed by atoms with E-state index in [0.717, 1.165) is 39.2 Å². The summed E-state index contributed by atoms with van der Waals surface area (Å²) in [5, 5.41) is 0.680. The van der Waals surface area contributed by atoms with Crippen LogP contribution in [0.25, 0.3) is 11.3 Å². The zero-order valence-corrected chi connectivity index (χ0v) is 14.6. The van der Waals surface area contributed by atoms with Gasteiger partial charge in [-0.15, -0.1) is 0 Å². The Morgan fingerprint density at radius 3 is 2.62 bits per heavy atom. The van der Waals surface area contributed by atoms with Crippen LogP contribution in [0.4, 0.5) is 5.69 Å². The number of nitrogens with zero attached hydrogens (tertiary/aromatic N) is 3. The lowest BCUT2D eigenvalue weighted by Crippen LogP contribution is -2.30. The Labute approximate surface area is 155 Å². The second-order valence-electron chi connectivity index (χ2n) is 6.45. The van der Waals surface area contributed by atoms with E-state index in [9.17, 15) is 4.79 Å². The van der Waals surface area contributed by atoms with Gasteiger partial charge in [-0.3, -0.25) is 14.8 Å². The van der Waals surface area contributed by atoms with Gasteiger partial charge in [0.1, 0.15) is 0 Å². The molecule has 0 amide bonds. The Morgan fingerprint density at radius 2 is 1.77 bits per heavy atom. The van der Waals surface area contributed by atoms with E-state index >= 15 is 0 Å². The normalized spacial score (nSPS) is 15.4. The van der Waals surface area contributed by atoms with Gasteiger partial charge in [-0.1, -0.05) is 17.7 Å². The summed E-state index contributed by atoms with van der Waals surface area (Å²) in [5.74, 6) is 0.122. The molecule has 1 aliphatic heterocycles. The number of pyridine rings is 2. The van der Waals surface area contributed by atoms with Gasteiger partial charge in [0.2, 0.25) is 0 Å². The molecule has 126 valence electrons. The Kier molecular flexibility index (Phi) is 3.40. The molecular formula is C21H14ClN3O. The third kappa shape index (κ3) is 2.26. The van der Waals surface area contributed by atoms with Gasteiger partial charge >= 0.3 is 0 Å². The standard InChI is InChI=1S/C21H14ClN3O/c22-14-2-1-3-15(8-14)25-12-13-10-23-6-4-16(13)18-9-20(26)17-5-7-24-11-19(17)21(18)25/h1-8,10-11H,9,12H2. The molecule has 26 heavy (non-hydrogen) atoms. The van der Waals surface area contributed by atoms with Gasteiger partial charge in [0.15, 0.2) is 5.78 Å². The van der Waals surface area contributed by atoms with Crippen molar-refractivity contribution in [1.29, 1.82) is 0 Å². The molecule has 1 aliphatic carbocycles. The molecular weight excluding hydrogens is 346 g/mol. The number of hydrogen-bond donors (Lipinski definition) is 0. The Balaban J connectivity index is 1.81. The van der Waals surface area contributed by atoms with E-state index in [1.807, 2.05) is 36.5 Å². The van der Waals surface area contributed by atoms with E-state index in [4.69, 9.17) is 11.6 Å². The molecule has 0 saturated carbocycles. The molecule has 0 radical (unpaired) electrons. The number of anilines is 1. The van der Waals surface area contributed by atoms with Crippen LogP contribution in [0.3, 0.4) is 0 Å². The summed E-state index contributed by atoms with van der Waals surface area (Å²) in [4.78, 5) is 23.5. The van der Waals surface area contributed by atoms with Crippen LogP contribution in [0.5, 0.6) is 0 Å². The molecule has 0 fully saturated rings. The molecule has 3 heterocycles. The van der Waals surface area contributed by atoms with Gasteiger partial charge in [-0.05, 0) is 47.0 Å². The smallest absolute Gasteiger partial charge is 0.168 e. The molecule has 2 aromatic heterocycles. The fraction of sp³-hybridized carbons (Fsp3) is 0.0952. The SMILES string of the molecule is O=C1CC2=C(c3cnccc31)N(c1cccc(Cl)c1)Cc1cnccc12. The van der Waals surface area contributed by atoms with Crippen molar-refractivity contribution >= 4 is 34.3 Å². The Bertz CT molecular complexity index is 1090. The minimum atomic E-state index is 0.122. The third-order valence-electron chi connectivity index (χ3n) is 4.95. The van der Waals surface area contributed by atoms with Crippen molar-refractivity contribution < 1.29 is 4.79 Å². The number of fused-ring (bicyclic) bond motifs is 4. The van der Waals surface area contributed by atoms with Crippen molar-refractivity contribution in [2.45, 2.75) is 13.0 Å². The van der Waals surface area contributed by atoms with E-state index in [2.05, 4.69) is 14.9 Å². The molecule has 0 spiro atoms. The number of ketones is 1. The van der Waals surface area contributed by atoms with Gasteiger partial charge in [-0.25, -0.2) is 0 Å². The average molecular weight is 360 g/mol. The summed E-state index contributed by atoms with van der Waals surface area (Å²) in [5.41, 5.74) is 6.85. The summed E-state index contributed by atoms with van der Waals surface area (Å²) in [6, 6.07) is 11.6. The van der Waals surface area contributed by atoms with Gasteiger partial charge in [-0.2, -0.15) is 0 Å². The molecule has 0 atom stereocenters. The van der Waals surface area contributed by atoms with Crippen LogP contribution in [0.1, 0.15) is 33.5 Å². The van der Waals surface area contributed by atoms with Crippen LogP contribution < -0.4 is 4.90 Å². The maximum atomic E-state index is 12.7. The Morgan fingerprint density at radius 1 is 0.962 bits per heavy atom. The van der Waals surface area contributed by atoms with Gasteiger partial charge in [0.05, 0.1) is 12.2 Å². The fourth-order valence-electron chi connectivity index (χ4n) is 3.82. The number of aromatic nitrogens is 2. The van der Waals surface area contributed by atoms with E-state index < -0.39 is 0 Å². The number of hydrogen-bond acceptors (Lipinski definition) is 4. The summed E-state index contributed by atoms with van der Waals surface area (Å²) in [6.07, 6.45) is 7.49. The third-order valence-corrected chi connectivity index (χ3v) is 5.18. The van der Waals surface area contributed by atoms with Crippen LogP contribution >= 0.6 is 11.6 Å². The van der Waals surface area contributed by atoms with Gasteiger partial charge in [0.25, 0.3) is 0 Å². The topological polar surface area (TPSA) is 46.1 Å². The summed E-state index contributed by atoms with van der Waals surface area (Å²) < 4.78 is 0. The quantitative estimate of drug-likeness (QED) is 0.636. The first-order valence-corrected chi connectivity index (χ1v) is 8.77. The number of carbonyl (C=O) groups excluding carboxylic acids is 1. The van der Waals surface area contributed by atoms with Gasteiger partial charge < -0.3 is 4.90 Å². The molecule has 5 heteroatoms. The van der Waals surface area contributed by atoms with Crippen molar-refractivity contribution in [2.24, 2.45) is 0 Å². The fourth-order valence-corrected chi connectivity index (χ4v) is 4.01. The van der Waals surface area contributed by atoms with Crippen LogP contribution in [0, 0.1) is 0 Å². The monoisotopic (exact) mass is 359 g/mol. The largest absolute Gasteiger partial charge is 0.336 e. The molecule has 3 aromatic rings. The van der Waals surface area contributed by atoms with E-state index in [1.54, 1.807) is 24.7 Å². The minimum absolute atomic E-state index is 0.122. The number of halogens is 1. The lowest BCUT2D eigenvalue weighted by Gasteiger charge is -2.37. The maximum Gasteiger partial charge on any atom is 0.168 e. The highest BCUT2D eigenvalue weighted by Crippen LogP contribution is 2.45.